The number of aliphatic hydroxyl groups is 1. The van der Waals surface area contributed by atoms with Crippen LogP contribution in [0, 0.1) is 113 Å². The highest BCUT2D eigenvalue weighted by atomic mass is 28.4. The molecule has 0 bridgehead atoms. The highest BCUT2D eigenvalue weighted by Gasteiger charge is 2.87. The third-order valence-electron chi connectivity index (χ3n) is 33.3. The summed E-state index contributed by atoms with van der Waals surface area (Å²) in [4.78, 5) is 12.2. The molecule has 9 heteroatoms. The number of aliphatic hydroxyl groups excluding tert-OH is 1. The fraction of sp³-hybridized carbons (Fsp3) is 0.934. The number of rotatable bonds is 15. The number of carbonyl (C=O) groups is 1. The Morgan fingerprint density at radius 1 is 0.518 bits per heavy atom. The molecule has 12 rings (SSSR count). The number of carbonyl (C=O) groups excluding carboxylic acids is 1. The van der Waals surface area contributed by atoms with Gasteiger partial charge in [-0.2, -0.15) is 0 Å². The SMILES string of the molecule is C=C(C)[C@@H](O)[C@H]1C[C@@H](C)[C@H]2[C@H](O1)[C@H](O[Si](CC)(CC)CC)[C@@]1(C)[C@@H]3CC[C@H]4C(C)(C)[C@@H](C)CC[C@@]45C[C@@]35CC[C@]21C.C=C(C)[C@@H](OC(C)=O)[C@H]1C[C@@H](C)[C@H]2[C@H](O1)[C@H](O[Si](CC)(CC)CC)[C@@]1(C)[C@@H]3CC[C@H]4C(C)(C)[C@@H](C)CC[C@@]45C[C@@]35CC[C@]21C. The average Bonchev–Trinajstić information content (AvgIpc) is 1.49. The van der Waals surface area contributed by atoms with Crippen LogP contribution < -0.4 is 0 Å². The standard InChI is InChI=1S/C39H66O4Si.C37H64O3Si/c1-13-44(14-2,15-3)43-34-33-31(25(6)22-28(42-33)32(24(4)5)41-27(8)40)36(11)20-21-39-23-38(39)19-18-26(7)35(9,10)29(38)16-17-30(39)37(34,36)12;1-12-41(13-2,14-3)40-32-31-29(24(6)21-26(39-31)30(38)23(4)5)34(10)19-20-37-22-36(37)18-17-25(7)33(8,9)27(36)15-16-28(37)35(32,34)11/h25-26,28-34H,4,13-23H2,1-3,5-12H3;24-32,38H,4,12-22H2,1-3,5-11H3/t25-,26+,28-,29+,30+,31+,32-,33+,34+,36-,37-,38-,39+;24-,25+,26-,27+,28+,29+,30-,31+,32+,34-,35-,36-,37+/m11/s1. The molecule has 2 saturated heterocycles. The van der Waals surface area contributed by atoms with Gasteiger partial charge in [-0.3, -0.25) is 4.79 Å². The van der Waals surface area contributed by atoms with Crippen LogP contribution in [0.5, 0.6) is 0 Å². The molecule has 7 nitrogen and oxygen atoms in total. The summed E-state index contributed by atoms with van der Waals surface area (Å²) in [5.41, 5.74) is 5.25. The van der Waals surface area contributed by atoms with Crippen molar-refractivity contribution in [3.8, 4) is 0 Å². The molecule has 4 spiro atoms. The zero-order valence-electron chi connectivity index (χ0n) is 58.8. The van der Waals surface area contributed by atoms with E-state index in [1.165, 1.54) is 115 Å². The first-order valence-corrected chi connectivity index (χ1v) is 41.6. The third kappa shape index (κ3) is 8.69. The number of ether oxygens (including phenoxy) is 3. The van der Waals surface area contributed by atoms with Crippen molar-refractivity contribution in [3.05, 3.63) is 24.3 Å². The maximum absolute atomic E-state index is 12.2. The van der Waals surface area contributed by atoms with Crippen LogP contribution in [0.3, 0.4) is 0 Å². The molecule has 26 atom stereocenters. The largest absolute Gasteiger partial charge is 0.455 e. The van der Waals surface area contributed by atoms with Crippen molar-refractivity contribution >= 4 is 22.6 Å². The summed E-state index contributed by atoms with van der Waals surface area (Å²) in [6.45, 7) is 59.4. The molecule has 0 aromatic rings. The molecule has 0 aromatic heterocycles. The summed E-state index contributed by atoms with van der Waals surface area (Å²) >= 11 is 0. The number of hydrogen-bond acceptors (Lipinski definition) is 7. The Morgan fingerprint density at radius 2 is 0.871 bits per heavy atom. The first kappa shape index (κ1) is 65.7. The van der Waals surface area contributed by atoms with Gasteiger partial charge >= 0.3 is 5.97 Å². The van der Waals surface area contributed by atoms with Gasteiger partial charge in [0.15, 0.2) is 16.6 Å². The zero-order chi connectivity index (χ0) is 62.2. The van der Waals surface area contributed by atoms with E-state index >= 15 is 0 Å². The van der Waals surface area contributed by atoms with Gasteiger partial charge in [-0.15, -0.1) is 0 Å². The van der Waals surface area contributed by atoms with E-state index < -0.39 is 28.8 Å². The Bertz CT molecular complexity index is 2540. The molecule has 10 saturated carbocycles. The van der Waals surface area contributed by atoms with E-state index in [1.54, 1.807) is 0 Å². The van der Waals surface area contributed by atoms with Crippen molar-refractivity contribution in [3.63, 3.8) is 0 Å². The van der Waals surface area contributed by atoms with E-state index in [0.717, 1.165) is 71.7 Å². The lowest BCUT2D eigenvalue weighted by Crippen LogP contribution is -2.60. The van der Waals surface area contributed by atoms with Crippen LogP contribution in [0.25, 0.3) is 0 Å². The van der Waals surface area contributed by atoms with Gasteiger partial charge < -0.3 is 28.2 Å². The van der Waals surface area contributed by atoms with Gasteiger partial charge in [0.05, 0.1) is 36.6 Å². The third-order valence-corrected chi connectivity index (χ3v) is 42.5. The minimum atomic E-state index is -1.95. The minimum absolute atomic E-state index is 0.0399. The summed E-state index contributed by atoms with van der Waals surface area (Å²) < 4.78 is 36.1. The van der Waals surface area contributed by atoms with Crippen molar-refractivity contribution in [1.82, 2.24) is 0 Å². The Labute approximate surface area is 523 Å². The number of esters is 1. The van der Waals surface area contributed by atoms with Crippen molar-refractivity contribution < 1.29 is 33.0 Å². The minimum Gasteiger partial charge on any atom is -0.455 e. The second-order valence-corrected chi connectivity index (χ2v) is 45.2. The molecule has 10 aliphatic carbocycles. The molecular weight excluding hydrogens is 1080 g/mol. The molecule has 0 amide bonds. The van der Waals surface area contributed by atoms with Crippen LogP contribution in [0.15, 0.2) is 24.3 Å². The smallest absolute Gasteiger partial charge is 0.303 e. The molecule has 0 unspecified atom stereocenters. The predicted molar refractivity (Wildman–Crippen MR) is 354 cm³/mol. The molecule has 12 fully saturated rings. The molecule has 484 valence electrons. The average molecular weight is 1210 g/mol. The van der Waals surface area contributed by atoms with Crippen LogP contribution in [0.4, 0.5) is 0 Å². The van der Waals surface area contributed by atoms with Crippen LogP contribution in [-0.4, -0.2) is 76.5 Å². The van der Waals surface area contributed by atoms with Gasteiger partial charge in [0.25, 0.3) is 0 Å². The van der Waals surface area contributed by atoms with Gasteiger partial charge in [-0.25, -0.2) is 0 Å². The molecule has 2 aliphatic heterocycles. The maximum Gasteiger partial charge on any atom is 0.303 e. The second-order valence-electron chi connectivity index (χ2n) is 35.8. The Hall–Kier alpha value is -0.816. The van der Waals surface area contributed by atoms with Crippen molar-refractivity contribution in [2.45, 2.75) is 333 Å². The quantitative estimate of drug-likeness (QED) is 0.0993. The summed E-state index contributed by atoms with van der Waals surface area (Å²) in [7, 11) is -3.86. The lowest BCUT2D eigenvalue weighted by atomic mass is 9.41. The van der Waals surface area contributed by atoms with E-state index in [1.807, 2.05) is 13.8 Å². The second kappa shape index (κ2) is 21.6. The van der Waals surface area contributed by atoms with Crippen LogP contribution >= 0.6 is 0 Å². The monoisotopic (exact) mass is 1210 g/mol. The van der Waals surface area contributed by atoms with Crippen LogP contribution in [0.1, 0.15) is 248 Å². The van der Waals surface area contributed by atoms with E-state index in [-0.39, 0.29) is 64.3 Å². The molecular formula is C76H130O7Si2. The maximum atomic E-state index is 12.2. The van der Waals surface area contributed by atoms with Crippen LogP contribution in [0.2, 0.25) is 36.3 Å². The molecule has 2 heterocycles. The summed E-state index contributed by atoms with van der Waals surface area (Å²) in [6.07, 6.45) is 20.5. The van der Waals surface area contributed by atoms with Crippen molar-refractivity contribution in [2.24, 2.45) is 113 Å². The Balaban J connectivity index is 0.000000177. The van der Waals surface area contributed by atoms with Crippen molar-refractivity contribution in [2.75, 3.05) is 0 Å². The van der Waals surface area contributed by atoms with E-state index in [9.17, 15) is 9.90 Å². The lowest BCUT2D eigenvalue weighted by molar-refractivity contribution is -0.181. The highest BCUT2D eigenvalue weighted by molar-refractivity contribution is 6.74. The molecule has 0 radical (unpaired) electrons. The van der Waals surface area contributed by atoms with E-state index in [2.05, 4.69) is 138 Å². The van der Waals surface area contributed by atoms with Gasteiger partial charge in [-0.05, 0) is 266 Å². The van der Waals surface area contributed by atoms with Gasteiger partial charge in [0.2, 0.25) is 0 Å². The lowest BCUT2D eigenvalue weighted by Gasteiger charge is -2.64. The number of fused-ring (bicyclic) bond motifs is 8. The summed E-state index contributed by atoms with van der Waals surface area (Å²) in [5.74, 6) is 6.51. The van der Waals surface area contributed by atoms with Gasteiger partial charge in [0.1, 0.15) is 12.2 Å². The molecule has 0 aromatic carbocycles. The van der Waals surface area contributed by atoms with E-state index in [4.69, 9.17) is 23.1 Å². The predicted octanol–water partition coefficient (Wildman–Crippen LogP) is 19.4. The molecule has 85 heavy (non-hydrogen) atoms. The number of hydrogen-bond donors (Lipinski definition) is 1. The Kier molecular flexibility index (Phi) is 16.7. The topological polar surface area (TPSA) is 83.5 Å². The Morgan fingerprint density at radius 3 is 1.22 bits per heavy atom. The van der Waals surface area contributed by atoms with E-state index in [0.29, 0.717) is 62.1 Å². The van der Waals surface area contributed by atoms with Crippen molar-refractivity contribution in [1.29, 1.82) is 0 Å². The summed E-state index contributed by atoms with van der Waals surface area (Å²) in [5, 5.41) is 11.2. The molecule has 1 N–H and O–H groups in total. The van der Waals surface area contributed by atoms with Gasteiger partial charge in [0, 0.05) is 17.8 Å². The molecule has 12 aliphatic rings. The van der Waals surface area contributed by atoms with Crippen LogP contribution in [-0.2, 0) is 27.9 Å². The first-order valence-electron chi connectivity index (χ1n) is 36.5. The fourth-order valence-corrected chi connectivity index (χ4v) is 33.1. The highest BCUT2D eigenvalue weighted by Crippen LogP contribution is 2.92. The fourth-order valence-electron chi connectivity index (χ4n) is 27.3. The summed E-state index contributed by atoms with van der Waals surface area (Å²) in [6, 6.07) is 7.03. The van der Waals surface area contributed by atoms with Gasteiger partial charge in [-0.1, -0.05) is 138 Å². The normalized spacial score (nSPS) is 50.8. The first-order chi connectivity index (χ1) is 39.7. The zero-order valence-corrected chi connectivity index (χ0v) is 60.8.